The molecule has 0 amide bonds. The maximum absolute atomic E-state index is 11.7. The van der Waals surface area contributed by atoms with E-state index in [9.17, 15) is 4.79 Å². The highest BCUT2D eigenvalue weighted by atomic mass is 16.5. The number of benzene rings is 1. The number of ether oxygens (including phenoxy) is 1. The highest BCUT2D eigenvalue weighted by Gasteiger charge is 2.27. The van der Waals surface area contributed by atoms with Crippen LogP contribution in [0.1, 0.15) is 45.1 Å². The van der Waals surface area contributed by atoms with Crippen LogP contribution in [0.3, 0.4) is 0 Å². The molecule has 2 rings (SSSR count). The lowest BCUT2D eigenvalue weighted by atomic mass is 9.79. The summed E-state index contributed by atoms with van der Waals surface area (Å²) in [6.45, 7) is 6.76. The number of hydrogen-bond acceptors (Lipinski definition) is 2. The first-order chi connectivity index (χ1) is 8.59. The molecular weight excluding hydrogens is 224 g/mol. The van der Waals surface area contributed by atoms with Gasteiger partial charge < -0.3 is 4.74 Å². The zero-order chi connectivity index (χ0) is 13.1. The molecule has 0 aromatic heterocycles. The van der Waals surface area contributed by atoms with E-state index in [1.165, 1.54) is 5.56 Å². The maximum atomic E-state index is 11.7. The fourth-order valence-electron chi connectivity index (χ4n) is 2.87. The Kier molecular flexibility index (Phi) is 4.05. The molecular formula is C16H22O2. The van der Waals surface area contributed by atoms with Crippen LogP contribution in [-0.2, 0) is 4.79 Å². The normalized spacial score (nSPS) is 20.1. The van der Waals surface area contributed by atoms with Gasteiger partial charge in [0, 0.05) is 5.92 Å². The van der Waals surface area contributed by atoms with Crippen LogP contribution in [0.25, 0.3) is 0 Å². The Morgan fingerprint density at radius 1 is 1.39 bits per heavy atom. The minimum absolute atomic E-state index is 0.168. The molecule has 1 aromatic rings. The highest BCUT2D eigenvalue weighted by Crippen LogP contribution is 2.38. The molecule has 0 spiro atoms. The van der Waals surface area contributed by atoms with Crippen molar-refractivity contribution in [1.29, 1.82) is 0 Å². The SMILES string of the molecule is CC(=O)C(CC1CCOc2ccccc21)C(C)C. The molecule has 2 heteroatoms. The maximum Gasteiger partial charge on any atom is 0.133 e. The molecule has 0 bridgehead atoms. The standard InChI is InChI=1S/C16H22O2/c1-11(2)15(12(3)17)10-13-8-9-18-16-7-5-4-6-14(13)16/h4-7,11,13,15H,8-10H2,1-3H3. The quantitative estimate of drug-likeness (QED) is 0.807. The Hall–Kier alpha value is -1.31. The Morgan fingerprint density at radius 2 is 2.11 bits per heavy atom. The third-order valence-corrected chi connectivity index (χ3v) is 3.95. The lowest BCUT2D eigenvalue weighted by Gasteiger charge is -2.29. The van der Waals surface area contributed by atoms with Crippen LogP contribution >= 0.6 is 0 Å². The van der Waals surface area contributed by atoms with Crippen LogP contribution in [-0.4, -0.2) is 12.4 Å². The number of para-hydroxylation sites is 1. The van der Waals surface area contributed by atoms with Crippen LogP contribution < -0.4 is 4.74 Å². The Bertz CT molecular complexity index is 423. The zero-order valence-corrected chi connectivity index (χ0v) is 11.5. The third-order valence-electron chi connectivity index (χ3n) is 3.95. The zero-order valence-electron chi connectivity index (χ0n) is 11.5. The van der Waals surface area contributed by atoms with Crippen LogP contribution in [0.15, 0.2) is 24.3 Å². The number of fused-ring (bicyclic) bond motifs is 1. The van der Waals surface area contributed by atoms with Crippen molar-refractivity contribution in [1.82, 2.24) is 0 Å². The summed E-state index contributed by atoms with van der Waals surface area (Å²) in [5, 5.41) is 0. The van der Waals surface area contributed by atoms with Crippen molar-refractivity contribution in [2.75, 3.05) is 6.61 Å². The van der Waals surface area contributed by atoms with Gasteiger partial charge in [0.25, 0.3) is 0 Å². The lowest BCUT2D eigenvalue weighted by molar-refractivity contribution is -0.122. The summed E-state index contributed by atoms with van der Waals surface area (Å²) >= 11 is 0. The van der Waals surface area contributed by atoms with E-state index in [4.69, 9.17) is 4.74 Å². The van der Waals surface area contributed by atoms with Crippen LogP contribution in [0.5, 0.6) is 5.75 Å². The molecule has 1 heterocycles. The first kappa shape index (κ1) is 13.1. The molecule has 0 aliphatic carbocycles. The van der Waals surface area contributed by atoms with E-state index in [2.05, 4.69) is 26.0 Å². The summed E-state index contributed by atoms with van der Waals surface area (Å²) in [7, 11) is 0. The fourth-order valence-corrected chi connectivity index (χ4v) is 2.87. The second-order valence-electron chi connectivity index (χ2n) is 5.57. The molecule has 0 saturated heterocycles. The summed E-state index contributed by atoms with van der Waals surface area (Å²) in [6.07, 6.45) is 1.97. The van der Waals surface area contributed by atoms with Gasteiger partial charge in [0.2, 0.25) is 0 Å². The summed E-state index contributed by atoms with van der Waals surface area (Å²) < 4.78 is 5.67. The number of carbonyl (C=O) groups excluding carboxylic acids is 1. The third kappa shape index (κ3) is 2.74. The minimum atomic E-state index is 0.168. The highest BCUT2D eigenvalue weighted by molar-refractivity contribution is 5.78. The molecule has 0 saturated carbocycles. The van der Waals surface area contributed by atoms with Gasteiger partial charge in [-0.2, -0.15) is 0 Å². The van der Waals surface area contributed by atoms with E-state index in [1.807, 2.05) is 12.1 Å². The molecule has 2 unspecified atom stereocenters. The van der Waals surface area contributed by atoms with Crippen LogP contribution in [0, 0.1) is 11.8 Å². The first-order valence-corrected chi connectivity index (χ1v) is 6.81. The summed E-state index contributed by atoms with van der Waals surface area (Å²) in [5.41, 5.74) is 1.27. The monoisotopic (exact) mass is 246 g/mol. The lowest BCUT2D eigenvalue weighted by Crippen LogP contribution is -2.23. The Morgan fingerprint density at radius 3 is 2.78 bits per heavy atom. The molecule has 0 fully saturated rings. The summed E-state index contributed by atoms with van der Waals surface area (Å²) in [5.74, 6) is 2.36. The molecule has 1 aromatic carbocycles. The van der Waals surface area contributed by atoms with Gasteiger partial charge in [-0.25, -0.2) is 0 Å². The van der Waals surface area contributed by atoms with E-state index in [0.29, 0.717) is 17.6 Å². The minimum Gasteiger partial charge on any atom is -0.493 e. The molecule has 1 aliphatic heterocycles. The second kappa shape index (κ2) is 5.55. The van der Waals surface area contributed by atoms with Gasteiger partial charge in [-0.3, -0.25) is 4.79 Å². The predicted octanol–water partition coefficient (Wildman–Crippen LogP) is 3.80. The molecule has 0 N–H and O–H groups in total. The van der Waals surface area contributed by atoms with Crippen molar-refractivity contribution in [3.05, 3.63) is 29.8 Å². The van der Waals surface area contributed by atoms with Gasteiger partial charge in [-0.1, -0.05) is 32.0 Å². The van der Waals surface area contributed by atoms with E-state index >= 15 is 0 Å². The largest absolute Gasteiger partial charge is 0.493 e. The van der Waals surface area contributed by atoms with Gasteiger partial charge in [0.15, 0.2) is 0 Å². The topological polar surface area (TPSA) is 26.3 Å². The fraction of sp³-hybridized carbons (Fsp3) is 0.562. The Labute approximate surface area is 109 Å². The first-order valence-electron chi connectivity index (χ1n) is 6.81. The molecule has 1 aliphatic rings. The van der Waals surface area contributed by atoms with Crippen molar-refractivity contribution < 1.29 is 9.53 Å². The van der Waals surface area contributed by atoms with Crippen molar-refractivity contribution in [3.8, 4) is 5.75 Å². The molecule has 98 valence electrons. The van der Waals surface area contributed by atoms with Gasteiger partial charge in [-0.15, -0.1) is 0 Å². The van der Waals surface area contributed by atoms with Gasteiger partial charge in [-0.05, 0) is 43.2 Å². The van der Waals surface area contributed by atoms with Gasteiger partial charge in [0.05, 0.1) is 6.61 Å². The van der Waals surface area contributed by atoms with Crippen LogP contribution in [0.2, 0.25) is 0 Å². The van der Waals surface area contributed by atoms with E-state index < -0.39 is 0 Å². The molecule has 0 radical (unpaired) electrons. The van der Waals surface area contributed by atoms with Gasteiger partial charge in [0.1, 0.15) is 11.5 Å². The van der Waals surface area contributed by atoms with Crippen molar-refractivity contribution in [3.63, 3.8) is 0 Å². The average Bonchev–Trinajstić information content (AvgIpc) is 2.35. The van der Waals surface area contributed by atoms with Gasteiger partial charge >= 0.3 is 0 Å². The number of carbonyl (C=O) groups is 1. The van der Waals surface area contributed by atoms with E-state index in [1.54, 1.807) is 6.92 Å². The number of ketones is 1. The van der Waals surface area contributed by atoms with Crippen molar-refractivity contribution in [2.24, 2.45) is 11.8 Å². The number of hydrogen-bond donors (Lipinski definition) is 0. The van der Waals surface area contributed by atoms with Crippen molar-refractivity contribution in [2.45, 2.75) is 39.5 Å². The molecule has 2 atom stereocenters. The summed E-state index contributed by atoms with van der Waals surface area (Å²) in [4.78, 5) is 11.7. The Balaban J connectivity index is 2.18. The number of rotatable bonds is 4. The predicted molar refractivity (Wildman–Crippen MR) is 72.9 cm³/mol. The van der Waals surface area contributed by atoms with Crippen LogP contribution in [0.4, 0.5) is 0 Å². The molecule has 2 nitrogen and oxygen atoms in total. The van der Waals surface area contributed by atoms with E-state index in [0.717, 1.165) is 25.2 Å². The smallest absolute Gasteiger partial charge is 0.133 e. The molecule has 18 heavy (non-hydrogen) atoms. The number of Topliss-reactive ketones (excluding diaryl/α,β-unsaturated/α-hetero) is 1. The van der Waals surface area contributed by atoms with E-state index in [-0.39, 0.29) is 5.92 Å². The van der Waals surface area contributed by atoms with Crippen molar-refractivity contribution >= 4 is 5.78 Å². The summed E-state index contributed by atoms with van der Waals surface area (Å²) in [6, 6.07) is 8.22. The second-order valence-corrected chi connectivity index (χ2v) is 5.57. The average molecular weight is 246 g/mol.